The number of hydrogen-bond acceptors (Lipinski definition) is 2. The molecule has 0 heterocycles. The molecule has 2 nitrogen and oxygen atoms in total. The Morgan fingerprint density at radius 3 is 2.38 bits per heavy atom. The minimum atomic E-state index is 0.256. The molecular weight excluding hydrogens is 354 g/mol. The molecule has 0 radical (unpaired) electrons. The van der Waals surface area contributed by atoms with Crippen LogP contribution in [0.5, 0.6) is 11.5 Å². The number of halogens is 4. The monoisotopic (exact) mass is 364 g/mol. The van der Waals surface area contributed by atoms with E-state index in [2.05, 4.69) is 0 Å². The highest BCUT2D eigenvalue weighted by atomic mass is 35.5. The molecule has 21 heavy (non-hydrogen) atoms. The van der Waals surface area contributed by atoms with E-state index in [4.69, 9.17) is 55.9 Å². The van der Waals surface area contributed by atoms with Gasteiger partial charge in [0.15, 0.2) is 11.5 Å². The number of benzene rings is 2. The molecule has 0 unspecified atom stereocenters. The lowest BCUT2D eigenvalue weighted by atomic mass is 10.2. The molecule has 2 rings (SSSR count). The van der Waals surface area contributed by atoms with Gasteiger partial charge in [-0.05, 0) is 29.8 Å². The van der Waals surface area contributed by atoms with Gasteiger partial charge in [-0.1, -0.05) is 40.9 Å². The zero-order valence-electron chi connectivity index (χ0n) is 11.1. The van der Waals surface area contributed by atoms with Crippen molar-refractivity contribution in [2.75, 3.05) is 7.11 Å². The fourth-order valence-corrected chi connectivity index (χ4v) is 2.68. The van der Waals surface area contributed by atoms with E-state index in [0.29, 0.717) is 32.4 Å². The van der Waals surface area contributed by atoms with Crippen LogP contribution in [0.1, 0.15) is 11.1 Å². The molecule has 0 saturated carbocycles. The maximum atomic E-state index is 6.21. The van der Waals surface area contributed by atoms with Crippen LogP contribution in [0.4, 0.5) is 0 Å². The van der Waals surface area contributed by atoms with E-state index in [-0.39, 0.29) is 6.61 Å². The Labute approximate surface area is 143 Å². The van der Waals surface area contributed by atoms with E-state index in [0.717, 1.165) is 11.1 Å². The molecule has 2 aromatic rings. The first-order chi connectivity index (χ1) is 10.0. The van der Waals surface area contributed by atoms with Crippen LogP contribution in [0.25, 0.3) is 0 Å². The van der Waals surface area contributed by atoms with Crippen LogP contribution in [-0.2, 0) is 12.5 Å². The Balaban J connectivity index is 2.23. The molecular formula is C15H12Cl4O2. The number of methoxy groups -OCH3 is 1. The predicted molar refractivity (Wildman–Crippen MR) is 88.4 cm³/mol. The van der Waals surface area contributed by atoms with Gasteiger partial charge >= 0.3 is 0 Å². The van der Waals surface area contributed by atoms with Gasteiger partial charge in [0.05, 0.1) is 12.1 Å². The minimum absolute atomic E-state index is 0.256. The fourth-order valence-electron chi connectivity index (χ4n) is 1.78. The molecule has 0 fully saturated rings. The van der Waals surface area contributed by atoms with Gasteiger partial charge in [0.25, 0.3) is 0 Å². The van der Waals surface area contributed by atoms with E-state index in [1.165, 1.54) is 0 Å². The molecule has 0 aliphatic heterocycles. The van der Waals surface area contributed by atoms with E-state index < -0.39 is 0 Å². The summed E-state index contributed by atoms with van der Waals surface area (Å²) in [5.74, 6) is 1.33. The summed E-state index contributed by atoms with van der Waals surface area (Å²) in [6.07, 6.45) is 0. The van der Waals surface area contributed by atoms with Gasteiger partial charge in [-0.2, -0.15) is 0 Å². The van der Waals surface area contributed by atoms with Crippen molar-refractivity contribution < 1.29 is 9.47 Å². The third-order valence-corrected chi connectivity index (χ3v) is 4.01. The first-order valence-corrected chi connectivity index (χ1v) is 7.71. The molecule has 6 heteroatoms. The van der Waals surface area contributed by atoms with Gasteiger partial charge in [0.1, 0.15) is 6.61 Å². The van der Waals surface area contributed by atoms with Gasteiger partial charge < -0.3 is 9.47 Å². The average Bonchev–Trinajstić information content (AvgIpc) is 2.46. The first-order valence-electron chi connectivity index (χ1n) is 6.04. The molecule has 0 spiro atoms. The van der Waals surface area contributed by atoms with Crippen LogP contribution >= 0.6 is 46.4 Å². The maximum Gasteiger partial charge on any atom is 0.180 e. The van der Waals surface area contributed by atoms with E-state index >= 15 is 0 Å². The second-order valence-electron chi connectivity index (χ2n) is 4.27. The van der Waals surface area contributed by atoms with Crippen molar-refractivity contribution in [3.05, 3.63) is 56.5 Å². The predicted octanol–water partition coefficient (Wildman–Crippen LogP) is 5.97. The second-order valence-corrected chi connectivity index (χ2v) is 5.79. The summed E-state index contributed by atoms with van der Waals surface area (Å²) < 4.78 is 11.0. The molecule has 0 aliphatic rings. The van der Waals surface area contributed by atoms with Gasteiger partial charge in [-0.3, -0.25) is 0 Å². The fraction of sp³-hybridized carbons (Fsp3) is 0.200. The van der Waals surface area contributed by atoms with Crippen molar-refractivity contribution in [2.24, 2.45) is 0 Å². The van der Waals surface area contributed by atoms with Gasteiger partial charge in [0, 0.05) is 21.5 Å². The summed E-state index contributed by atoms with van der Waals surface area (Å²) in [5.41, 5.74) is 1.66. The molecule has 0 N–H and O–H groups in total. The van der Waals surface area contributed by atoms with Crippen molar-refractivity contribution in [1.29, 1.82) is 0 Å². The summed E-state index contributed by atoms with van der Waals surface area (Å²) in [7, 11) is 1.55. The Kier molecular flexibility index (Phi) is 5.88. The zero-order valence-corrected chi connectivity index (χ0v) is 14.2. The minimum Gasteiger partial charge on any atom is -0.493 e. The van der Waals surface area contributed by atoms with Gasteiger partial charge in [0.2, 0.25) is 0 Å². The Morgan fingerprint density at radius 2 is 1.76 bits per heavy atom. The van der Waals surface area contributed by atoms with E-state index in [1.54, 1.807) is 37.4 Å². The lowest BCUT2D eigenvalue weighted by Crippen LogP contribution is -2.00. The Bertz CT molecular complexity index is 644. The van der Waals surface area contributed by atoms with Crippen LogP contribution in [0.15, 0.2) is 30.3 Å². The molecule has 2 aromatic carbocycles. The first kappa shape index (κ1) is 16.6. The second kappa shape index (κ2) is 7.46. The highest BCUT2D eigenvalue weighted by Gasteiger charge is 2.13. The van der Waals surface area contributed by atoms with Crippen molar-refractivity contribution >= 4 is 46.4 Å². The summed E-state index contributed by atoms with van der Waals surface area (Å²) in [4.78, 5) is 0. The lowest BCUT2D eigenvalue weighted by Gasteiger charge is -2.14. The van der Waals surface area contributed by atoms with Crippen molar-refractivity contribution in [1.82, 2.24) is 0 Å². The molecule has 0 bridgehead atoms. The third-order valence-electron chi connectivity index (χ3n) is 2.83. The Morgan fingerprint density at radius 1 is 1.00 bits per heavy atom. The molecule has 0 amide bonds. The summed E-state index contributed by atoms with van der Waals surface area (Å²) in [6, 6.07) is 8.75. The van der Waals surface area contributed by atoms with Crippen LogP contribution in [0.3, 0.4) is 0 Å². The standard InChI is InChI=1S/C15H12Cl4O2/c1-20-14-5-9(7-16)4-13(19)15(14)21-8-10-2-3-11(17)6-12(10)18/h2-6H,7-8H2,1H3. The van der Waals surface area contributed by atoms with Crippen LogP contribution in [0, 0.1) is 0 Å². The van der Waals surface area contributed by atoms with E-state index in [9.17, 15) is 0 Å². The molecule has 112 valence electrons. The molecule has 0 aromatic heterocycles. The van der Waals surface area contributed by atoms with Gasteiger partial charge in [-0.15, -0.1) is 11.6 Å². The number of rotatable bonds is 5. The van der Waals surface area contributed by atoms with Crippen molar-refractivity contribution in [3.63, 3.8) is 0 Å². The molecule has 0 aliphatic carbocycles. The zero-order chi connectivity index (χ0) is 15.4. The number of hydrogen-bond donors (Lipinski definition) is 0. The van der Waals surface area contributed by atoms with Crippen molar-refractivity contribution in [2.45, 2.75) is 12.5 Å². The summed E-state index contributed by atoms with van der Waals surface area (Å²) in [6.45, 7) is 0.256. The maximum absolute atomic E-state index is 6.21. The van der Waals surface area contributed by atoms with Gasteiger partial charge in [-0.25, -0.2) is 0 Å². The molecule has 0 saturated heterocycles. The Hall–Kier alpha value is -0.800. The largest absolute Gasteiger partial charge is 0.493 e. The lowest BCUT2D eigenvalue weighted by molar-refractivity contribution is 0.284. The quantitative estimate of drug-likeness (QED) is 0.607. The third kappa shape index (κ3) is 4.10. The number of alkyl halides is 1. The van der Waals surface area contributed by atoms with Crippen LogP contribution < -0.4 is 9.47 Å². The summed E-state index contributed by atoms with van der Waals surface area (Å²) >= 11 is 24.0. The van der Waals surface area contributed by atoms with E-state index in [1.807, 2.05) is 0 Å². The molecule has 0 atom stereocenters. The summed E-state index contributed by atoms with van der Waals surface area (Å²) in [5, 5.41) is 1.55. The average molecular weight is 366 g/mol. The SMILES string of the molecule is COc1cc(CCl)cc(Cl)c1OCc1ccc(Cl)cc1Cl. The highest BCUT2D eigenvalue weighted by molar-refractivity contribution is 6.35. The van der Waals surface area contributed by atoms with Crippen LogP contribution in [0.2, 0.25) is 15.1 Å². The van der Waals surface area contributed by atoms with Crippen LogP contribution in [-0.4, -0.2) is 7.11 Å². The normalized spacial score (nSPS) is 10.5. The topological polar surface area (TPSA) is 18.5 Å². The highest BCUT2D eigenvalue weighted by Crippen LogP contribution is 2.37. The van der Waals surface area contributed by atoms with Crippen molar-refractivity contribution in [3.8, 4) is 11.5 Å². The smallest absolute Gasteiger partial charge is 0.180 e. The number of ether oxygens (including phenoxy) is 2.